The standard InChI is InChI=1S/C27H30NOP/c1-19(2)25-17-29-27-24-16-20(3)15-21(4)26(24)30(18-28(25)27,22-11-7-5-8-12-22)23-13-9-6-10-14-23/h5-16,19,25H,17-18H2,1-4H3/q+2/t25-/m1/s1. The maximum absolute atomic E-state index is 6.39. The molecule has 152 valence electrons. The van der Waals surface area contributed by atoms with E-state index in [2.05, 4.69) is 105 Å². The van der Waals surface area contributed by atoms with E-state index in [-0.39, 0.29) is 0 Å². The Balaban J connectivity index is 1.89. The second-order valence-corrected chi connectivity index (χ2v) is 12.4. The second kappa shape index (κ2) is 7.36. The summed E-state index contributed by atoms with van der Waals surface area (Å²) in [7, 11) is -1.86. The van der Waals surface area contributed by atoms with Crippen LogP contribution in [0.1, 0.15) is 30.5 Å². The van der Waals surface area contributed by atoms with Crippen molar-refractivity contribution >= 4 is 29.1 Å². The zero-order chi connectivity index (χ0) is 20.9. The van der Waals surface area contributed by atoms with Gasteiger partial charge in [-0.1, -0.05) is 56.3 Å². The lowest BCUT2D eigenvalue weighted by Crippen LogP contribution is -2.47. The fourth-order valence-corrected chi connectivity index (χ4v) is 9.98. The highest BCUT2D eigenvalue weighted by atomic mass is 31.2. The summed E-state index contributed by atoms with van der Waals surface area (Å²) < 4.78 is 8.99. The van der Waals surface area contributed by atoms with E-state index in [1.54, 1.807) is 0 Å². The zero-order valence-corrected chi connectivity index (χ0v) is 19.2. The third-order valence-electron chi connectivity index (χ3n) is 6.64. The summed E-state index contributed by atoms with van der Waals surface area (Å²) in [5.74, 6) is 1.64. The molecule has 3 aromatic rings. The summed E-state index contributed by atoms with van der Waals surface area (Å²) in [5.41, 5.74) is 3.99. The van der Waals surface area contributed by atoms with Gasteiger partial charge in [-0.3, -0.25) is 0 Å². The minimum atomic E-state index is -1.86. The van der Waals surface area contributed by atoms with Crippen LogP contribution in [0.4, 0.5) is 0 Å². The first kappa shape index (κ1) is 19.5. The summed E-state index contributed by atoms with van der Waals surface area (Å²) in [6.45, 7) is 9.91. The van der Waals surface area contributed by atoms with Crippen molar-refractivity contribution in [2.24, 2.45) is 5.92 Å². The average Bonchev–Trinajstić information content (AvgIpc) is 3.18. The number of ether oxygens (including phenoxy) is 1. The van der Waals surface area contributed by atoms with Crippen molar-refractivity contribution in [2.45, 2.75) is 33.7 Å². The zero-order valence-electron chi connectivity index (χ0n) is 18.3. The van der Waals surface area contributed by atoms with Crippen LogP contribution < -0.4 is 15.9 Å². The SMILES string of the molecule is Cc1cc(C)c2c(c1)C1=[N+](C[P+]2(c2ccccc2)c2ccccc2)[C@@H](C(C)C)CO1. The predicted octanol–water partition coefficient (Wildman–Crippen LogP) is 4.38. The van der Waals surface area contributed by atoms with Crippen LogP contribution in [0.3, 0.4) is 0 Å². The van der Waals surface area contributed by atoms with Crippen molar-refractivity contribution in [2.75, 3.05) is 12.9 Å². The molecule has 0 N–H and O–H groups in total. The molecule has 2 nitrogen and oxygen atoms in total. The van der Waals surface area contributed by atoms with E-state index in [0.29, 0.717) is 12.0 Å². The highest BCUT2D eigenvalue weighted by molar-refractivity contribution is 7.95. The molecule has 30 heavy (non-hydrogen) atoms. The first-order chi connectivity index (χ1) is 14.5. The largest absolute Gasteiger partial charge is 0.437 e. The Morgan fingerprint density at radius 2 is 1.50 bits per heavy atom. The van der Waals surface area contributed by atoms with Crippen molar-refractivity contribution in [3.8, 4) is 0 Å². The molecule has 2 heterocycles. The lowest BCUT2D eigenvalue weighted by Gasteiger charge is -2.31. The lowest BCUT2D eigenvalue weighted by atomic mass is 10.0. The highest BCUT2D eigenvalue weighted by Gasteiger charge is 2.60. The summed E-state index contributed by atoms with van der Waals surface area (Å²) >= 11 is 0. The molecule has 5 rings (SSSR count). The van der Waals surface area contributed by atoms with Gasteiger partial charge in [0.05, 0.1) is 0 Å². The van der Waals surface area contributed by atoms with Gasteiger partial charge in [0, 0.05) is 5.92 Å². The van der Waals surface area contributed by atoms with Gasteiger partial charge in [0.25, 0.3) is 6.29 Å². The van der Waals surface area contributed by atoms with Crippen molar-refractivity contribution in [3.63, 3.8) is 0 Å². The molecule has 0 fully saturated rings. The van der Waals surface area contributed by atoms with E-state index in [1.165, 1.54) is 32.6 Å². The first-order valence-electron chi connectivity index (χ1n) is 10.9. The fourth-order valence-electron chi connectivity index (χ4n) is 5.31. The van der Waals surface area contributed by atoms with Crippen molar-refractivity contribution in [1.82, 2.24) is 0 Å². The van der Waals surface area contributed by atoms with Crippen molar-refractivity contribution in [1.29, 1.82) is 0 Å². The van der Waals surface area contributed by atoms with Gasteiger partial charge in [-0.15, -0.1) is 0 Å². The van der Waals surface area contributed by atoms with Crippen LogP contribution in [0.25, 0.3) is 0 Å². The topological polar surface area (TPSA) is 12.2 Å². The summed E-state index contributed by atoms with van der Waals surface area (Å²) in [5, 5.41) is 4.41. The van der Waals surface area contributed by atoms with E-state index in [4.69, 9.17) is 4.74 Å². The molecule has 0 radical (unpaired) electrons. The second-order valence-electron chi connectivity index (χ2n) is 9.00. The van der Waals surface area contributed by atoms with E-state index in [1.807, 2.05) is 0 Å². The van der Waals surface area contributed by atoms with Crippen LogP contribution >= 0.6 is 7.26 Å². The average molecular weight is 416 g/mol. The predicted molar refractivity (Wildman–Crippen MR) is 128 cm³/mol. The van der Waals surface area contributed by atoms with Crippen molar-refractivity contribution < 1.29 is 9.31 Å². The van der Waals surface area contributed by atoms with E-state index >= 15 is 0 Å². The van der Waals surface area contributed by atoms with Gasteiger partial charge in [-0.25, -0.2) is 0 Å². The number of fused-ring (bicyclic) bond motifs is 2. The molecule has 0 spiro atoms. The number of hydrogen-bond donors (Lipinski definition) is 0. The third-order valence-corrected chi connectivity index (χ3v) is 11.1. The Morgan fingerprint density at radius 3 is 2.07 bits per heavy atom. The van der Waals surface area contributed by atoms with Crippen LogP contribution in [0.2, 0.25) is 0 Å². The highest BCUT2D eigenvalue weighted by Crippen LogP contribution is 2.59. The molecular formula is C27H30NOP+2. The van der Waals surface area contributed by atoms with Crippen LogP contribution in [0.15, 0.2) is 72.8 Å². The van der Waals surface area contributed by atoms with E-state index in [0.717, 1.165) is 18.8 Å². The van der Waals surface area contributed by atoms with Crippen molar-refractivity contribution in [3.05, 3.63) is 89.5 Å². The Bertz CT molecular complexity index is 1080. The molecule has 0 aliphatic carbocycles. The number of hydrogen-bond acceptors (Lipinski definition) is 1. The van der Waals surface area contributed by atoms with Gasteiger partial charge >= 0.3 is 5.90 Å². The summed E-state index contributed by atoms with van der Waals surface area (Å²) in [4.78, 5) is 0. The minimum Gasteiger partial charge on any atom is -0.437 e. The van der Waals surface area contributed by atoms with Crippen LogP contribution in [-0.2, 0) is 4.74 Å². The fraction of sp³-hybridized carbons (Fsp3) is 0.296. The van der Waals surface area contributed by atoms with Gasteiger partial charge in [-0.2, -0.15) is 4.58 Å². The monoisotopic (exact) mass is 415 g/mol. The number of benzene rings is 3. The Morgan fingerprint density at radius 1 is 0.900 bits per heavy atom. The van der Waals surface area contributed by atoms with E-state index < -0.39 is 7.26 Å². The molecular weight excluding hydrogens is 385 g/mol. The summed E-state index contributed by atoms with van der Waals surface area (Å²) in [6, 6.07) is 27.5. The van der Waals surface area contributed by atoms with Gasteiger partial charge < -0.3 is 4.74 Å². The molecule has 0 saturated heterocycles. The van der Waals surface area contributed by atoms with Gasteiger partial charge in [0.15, 0.2) is 19.9 Å². The smallest absolute Gasteiger partial charge is 0.377 e. The Kier molecular flexibility index (Phi) is 4.79. The summed E-state index contributed by atoms with van der Waals surface area (Å²) in [6.07, 6.45) is 1.01. The van der Waals surface area contributed by atoms with Gasteiger partial charge in [0.2, 0.25) is 0 Å². The quantitative estimate of drug-likeness (QED) is 0.457. The molecule has 2 aliphatic rings. The van der Waals surface area contributed by atoms with Gasteiger partial charge in [0.1, 0.15) is 21.5 Å². The number of nitrogens with zero attached hydrogens (tertiary/aromatic N) is 1. The molecule has 2 aliphatic heterocycles. The number of aryl methyl sites for hydroxylation is 2. The van der Waals surface area contributed by atoms with E-state index in [9.17, 15) is 0 Å². The third kappa shape index (κ3) is 2.85. The maximum atomic E-state index is 6.39. The first-order valence-corrected chi connectivity index (χ1v) is 12.9. The molecule has 3 heteroatoms. The van der Waals surface area contributed by atoms with Crippen LogP contribution in [-0.4, -0.2) is 29.4 Å². The molecule has 0 saturated carbocycles. The Labute approximate surface area is 180 Å². The molecule has 0 amide bonds. The molecule has 1 atom stereocenters. The normalized spacial score (nSPS) is 19.4. The van der Waals surface area contributed by atoms with Gasteiger partial charge in [-0.05, 0) is 55.3 Å². The molecule has 0 bridgehead atoms. The lowest BCUT2D eigenvalue weighted by molar-refractivity contribution is -0.545. The minimum absolute atomic E-state index is 0.417. The molecule has 0 unspecified atom stereocenters. The van der Waals surface area contributed by atoms with Crippen LogP contribution in [0.5, 0.6) is 0 Å². The molecule has 0 aromatic heterocycles. The number of rotatable bonds is 3. The van der Waals surface area contributed by atoms with Crippen LogP contribution in [0, 0.1) is 19.8 Å². The maximum Gasteiger partial charge on any atom is 0.377 e. The Hall–Kier alpha value is -2.44. The molecule has 3 aromatic carbocycles.